The number of aromatic nitrogens is 1. The summed E-state index contributed by atoms with van der Waals surface area (Å²) in [4.78, 5) is 26.4. The summed E-state index contributed by atoms with van der Waals surface area (Å²) < 4.78 is 9.99. The van der Waals surface area contributed by atoms with Crippen LogP contribution in [0.5, 0.6) is 0 Å². The number of nitrogens with one attached hydrogen (secondary N) is 1. The fourth-order valence-corrected chi connectivity index (χ4v) is 3.26. The zero-order chi connectivity index (χ0) is 18.1. The van der Waals surface area contributed by atoms with E-state index in [0.29, 0.717) is 43.5 Å². The van der Waals surface area contributed by atoms with Crippen molar-refractivity contribution >= 4 is 17.6 Å². The van der Waals surface area contributed by atoms with Gasteiger partial charge in [0, 0.05) is 32.7 Å². The molecule has 0 unspecified atom stereocenters. The molecule has 1 fully saturated rings. The standard InChI is InChI=1S/C18H29N3O4/c1-14-12-16(20-25-14)19-17(22)13-21(10-5-11-24-2)18(23)9-8-15-6-3-4-7-15/h12,15H,3-11,13H2,1-2H3,(H,19,20,22). The molecule has 7 heteroatoms. The first-order chi connectivity index (χ1) is 12.1. The molecule has 0 spiro atoms. The van der Waals surface area contributed by atoms with Crippen LogP contribution in [0.1, 0.15) is 50.7 Å². The summed E-state index contributed by atoms with van der Waals surface area (Å²) in [7, 11) is 1.63. The first kappa shape index (κ1) is 19.4. The molecule has 0 radical (unpaired) electrons. The highest BCUT2D eigenvalue weighted by molar-refractivity contribution is 5.93. The van der Waals surface area contributed by atoms with Crippen LogP contribution in [0.15, 0.2) is 10.6 Å². The van der Waals surface area contributed by atoms with E-state index in [0.717, 1.165) is 6.42 Å². The molecule has 0 saturated heterocycles. The number of hydrogen-bond acceptors (Lipinski definition) is 5. The number of nitrogens with zero attached hydrogens (tertiary/aromatic N) is 2. The van der Waals surface area contributed by atoms with E-state index in [4.69, 9.17) is 9.26 Å². The third-order valence-electron chi connectivity index (χ3n) is 4.60. The van der Waals surface area contributed by atoms with E-state index in [1.54, 1.807) is 25.0 Å². The molecule has 0 atom stereocenters. The molecule has 7 nitrogen and oxygen atoms in total. The maximum atomic E-state index is 12.6. The van der Waals surface area contributed by atoms with Crippen molar-refractivity contribution in [3.05, 3.63) is 11.8 Å². The average molecular weight is 351 g/mol. The van der Waals surface area contributed by atoms with E-state index in [1.165, 1.54) is 25.7 Å². The number of carbonyl (C=O) groups is 2. The molecule has 2 rings (SSSR count). The molecule has 1 aromatic heterocycles. The minimum Gasteiger partial charge on any atom is -0.385 e. The van der Waals surface area contributed by atoms with Gasteiger partial charge in [-0.1, -0.05) is 30.8 Å². The van der Waals surface area contributed by atoms with Crippen molar-refractivity contribution in [1.82, 2.24) is 10.1 Å². The number of hydrogen-bond donors (Lipinski definition) is 1. The van der Waals surface area contributed by atoms with E-state index in [2.05, 4.69) is 10.5 Å². The Bertz CT molecular complexity index is 552. The lowest BCUT2D eigenvalue weighted by Gasteiger charge is -2.22. The second kappa shape index (κ2) is 10.2. The molecule has 1 aliphatic rings. The van der Waals surface area contributed by atoms with Crippen LogP contribution >= 0.6 is 0 Å². The molecule has 0 aliphatic heterocycles. The van der Waals surface area contributed by atoms with Gasteiger partial charge in [-0.25, -0.2) is 0 Å². The molecule has 140 valence electrons. The topological polar surface area (TPSA) is 84.7 Å². The lowest BCUT2D eigenvalue weighted by Crippen LogP contribution is -2.39. The Labute approximate surface area is 149 Å². The van der Waals surface area contributed by atoms with Crippen LogP contribution in [0.25, 0.3) is 0 Å². The normalized spacial score (nSPS) is 14.6. The first-order valence-corrected chi connectivity index (χ1v) is 9.08. The van der Waals surface area contributed by atoms with Crippen LogP contribution < -0.4 is 5.32 Å². The molecular weight excluding hydrogens is 322 g/mol. The van der Waals surface area contributed by atoms with Crippen molar-refractivity contribution in [1.29, 1.82) is 0 Å². The van der Waals surface area contributed by atoms with Crippen LogP contribution in [0, 0.1) is 12.8 Å². The van der Waals surface area contributed by atoms with Gasteiger partial charge in [-0.05, 0) is 25.7 Å². The van der Waals surface area contributed by atoms with E-state index < -0.39 is 0 Å². The van der Waals surface area contributed by atoms with Crippen molar-refractivity contribution in [3.63, 3.8) is 0 Å². The molecule has 0 aromatic carbocycles. The first-order valence-electron chi connectivity index (χ1n) is 9.08. The monoisotopic (exact) mass is 351 g/mol. The van der Waals surface area contributed by atoms with Gasteiger partial charge < -0.3 is 19.5 Å². The predicted molar refractivity (Wildman–Crippen MR) is 94.1 cm³/mol. The summed E-state index contributed by atoms with van der Waals surface area (Å²) in [6.07, 6.45) is 7.14. The van der Waals surface area contributed by atoms with Gasteiger partial charge in [0.05, 0.1) is 6.54 Å². The van der Waals surface area contributed by atoms with Gasteiger partial charge in [0.2, 0.25) is 11.8 Å². The molecule has 1 aliphatic carbocycles. The van der Waals surface area contributed by atoms with E-state index in [1.807, 2.05) is 0 Å². The molecule has 25 heavy (non-hydrogen) atoms. The summed E-state index contributed by atoms with van der Waals surface area (Å²) in [6, 6.07) is 1.65. The minimum absolute atomic E-state index is 0.0269. The van der Waals surface area contributed by atoms with E-state index >= 15 is 0 Å². The summed E-state index contributed by atoms with van der Waals surface area (Å²) in [5, 5.41) is 6.41. The number of anilines is 1. The van der Waals surface area contributed by atoms with Crippen LogP contribution in [0.3, 0.4) is 0 Å². The van der Waals surface area contributed by atoms with Gasteiger partial charge in [-0.2, -0.15) is 0 Å². The zero-order valence-corrected chi connectivity index (χ0v) is 15.3. The maximum Gasteiger partial charge on any atom is 0.245 e. The van der Waals surface area contributed by atoms with Crippen LogP contribution in [-0.2, 0) is 14.3 Å². The number of rotatable bonds is 10. The average Bonchev–Trinajstić information content (AvgIpc) is 3.23. The Morgan fingerprint density at radius 2 is 2.16 bits per heavy atom. The van der Waals surface area contributed by atoms with Gasteiger partial charge in [0.15, 0.2) is 5.82 Å². The zero-order valence-electron chi connectivity index (χ0n) is 15.3. The van der Waals surface area contributed by atoms with Crippen molar-refractivity contribution in [2.75, 3.05) is 32.1 Å². The number of ether oxygens (including phenoxy) is 1. The van der Waals surface area contributed by atoms with Crippen molar-refractivity contribution in [2.45, 2.75) is 51.9 Å². The smallest absolute Gasteiger partial charge is 0.245 e. The van der Waals surface area contributed by atoms with Gasteiger partial charge in [0.1, 0.15) is 5.76 Å². The molecule has 1 saturated carbocycles. The molecule has 0 bridgehead atoms. The second-order valence-corrected chi connectivity index (χ2v) is 6.72. The minimum atomic E-state index is -0.264. The summed E-state index contributed by atoms with van der Waals surface area (Å²) in [5.74, 6) is 1.43. The van der Waals surface area contributed by atoms with Gasteiger partial charge in [0.25, 0.3) is 0 Å². The third kappa shape index (κ3) is 6.86. The number of methoxy groups -OCH3 is 1. The second-order valence-electron chi connectivity index (χ2n) is 6.72. The molecular formula is C18H29N3O4. The number of carbonyl (C=O) groups excluding carboxylic acids is 2. The SMILES string of the molecule is COCCCN(CC(=O)Nc1cc(C)on1)C(=O)CCC1CCCC1. The Hall–Kier alpha value is -1.89. The summed E-state index contributed by atoms with van der Waals surface area (Å²) >= 11 is 0. The van der Waals surface area contributed by atoms with Crippen LogP contribution in [-0.4, -0.2) is 48.7 Å². The quantitative estimate of drug-likeness (QED) is 0.655. The molecule has 1 N–H and O–H groups in total. The highest BCUT2D eigenvalue weighted by Gasteiger charge is 2.21. The highest BCUT2D eigenvalue weighted by atomic mass is 16.5. The lowest BCUT2D eigenvalue weighted by molar-refractivity contribution is -0.135. The van der Waals surface area contributed by atoms with Gasteiger partial charge >= 0.3 is 0 Å². The van der Waals surface area contributed by atoms with Crippen molar-refractivity contribution in [3.8, 4) is 0 Å². The van der Waals surface area contributed by atoms with E-state index in [-0.39, 0.29) is 18.4 Å². The lowest BCUT2D eigenvalue weighted by atomic mass is 10.0. The third-order valence-corrected chi connectivity index (χ3v) is 4.60. The van der Waals surface area contributed by atoms with Gasteiger partial charge in [-0.15, -0.1) is 0 Å². The van der Waals surface area contributed by atoms with Gasteiger partial charge in [-0.3, -0.25) is 9.59 Å². The Morgan fingerprint density at radius 3 is 2.80 bits per heavy atom. The fraction of sp³-hybridized carbons (Fsp3) is 0.722. The van der Waals surface area contributed by atoms with Crippen molar-refractivity contribution in [2.24, 2.45) is 5.92 Å². The largest absolute Gasteiger partial charge is 0.385 e. The summed E-state index contributed by atoms with van der Waals surface area (Å²) in [6.45, 7) is 2.87. The Balaban J connectivity index is 1.84. The number of amides is 2. The molecule has 1 heterocycles. The van der Waals surface area contributed by atoms with E-state index in [9.17, 15) is 9.59 Å². The maximum absolute atomic E-state index is 12.6. The Kier molecular flexibility index (Phi) is 7.91. The van der Waals surface area contributed by atoms with Crippen LogP contribution in [0.4, 0.5) is 5.82 Å². The highest BCUT2D eigenvalue weighted by Crippen LogP contribution is 2.28. The van der Waals surface area contributed by atoms with Crippen LogP contribution in [0.2, 0.25) is 0 Å². The number of aryl methyl sites for hydroxylation is 1. The van der Waals surface area contributed by atoms with Crippen molar-refractivity contribution < 1.29 is 18.8 Å². The predicted octanol–water partition coefficient (Wildman–Crippen LogP) is 2.76. The molecule has 2 amide bonds. The summed E-state index contributed by atoms with van der Waals surface area (Å²) in [5.41, 5.74) is 0. The molecule has 1 aromatic rings. The Morgan fingerprint density at radius 1 is 1.40 bits per heavy atom. The fourth-order valence-electron chi connectivity index (χ4n) is 3.26.